The Bertz CT molecular complexity index is 1250. The van der Waals surface area contributed by atoms with E-state index in [1.165, 1.54) is 16.8 Å². The minimum Gasteiger partial charge on any atom is -0.458 e. The first-order valence-corrected chi connectivity index (χ1v) is 12.4. The van der Waals surface area contributed by atoms with Gasteiger partial charge in [-0.3, -0.25) is 0 Å². The van der Waals surface area contributed by atoms with Crippen LogP contribution in [0.25, 0.3) is 11.1 Å². The molecule has 0 spiro atoms. The summed E-state index contributed by atoms with van der Waals surface area (Å²) < 4.78 is 28.2. The van der Waals surface area contributed by atoms with E-state index >= 15 is 0 Å². The van der Waals surface area contributed by atoms with Crippen LogP contribution in [-0.4, -0.2) is 54.6 Å². The number of rotatable bonds is 2. The lowest BCUT2D eigenvalue weighted by molar-refractivity contribution is 0.0205. The number of hydrogen-bond acceptors (Lipinski definition) is 8. The number of hydrogen-bond donors (Lipinski definition) is 0. The van der Waals surface area contributed by atoms with Crippen molar-refractivity contribution >= 4 is 40.3 Å². The van der Waals surface area contributed by atoms with Crippen LogP contribution in [0.4, 0.5) is 16.3 Å². The van der Waals surface area contributed by atoms with Crippen LogP contribution in [0.1, 0.15) is 56.2 Å². The van der Waals surface area contributed by atoms with Gasteiger partial charge in [-0.25, -0.2) is 14.8 Å². The smallest absolute Gasteiger partial charge is 0.410 e. The summed E-state index contributed by atoms with van der Waals surface area (Å²) in [5, 5.41) is 0. The van der Waals surface area contributed by atoms with Gasteiger partial charge in [0.05, 0.1) is 6.26 Å². The van der Waals surface area contributed by atoms with Crippen LogP contribution in [0, 0.1) is 6.92 Å². The number of furan rings is 1. The Labute approximate surface area is 208 Å². The Morgan fingerprint density at radius 2 is 1.86 bits per heavy atom. The number of ether oxygens (including phenoxy) is 1. The highest BCUT2D eigenvalue weighted by Crippen LogP contribution is 2.40. The molecule has 0 aliphatic carbocycles. The molecule has 9 nitrogen and oxygen atoms in total. The third kappa shape index (κ3) is 5.37. The molecule has 35 heavy (non-hydrogen) atoms. The number of aromatic nitrogens is 2. The lowest BCUT2D eigenvalue weighted by Gasteiger charge is -2.33. The number of aryl methyl sites for hydroxylation is 1. The maximum atomic E-state index is 12.4. The molecule has 2 aromatic heterocycles. The van der Waals surface area contributed by atoms with Crippen molar-refractivity contribution < 1.29 is 22.4 Å². The van der Waals surface area contributed by atoms with Gasteiger partial charge in [-0.2, -0.15) is 8.42 Å². The van der Waals surface area contributed by atoms with E-state index in [-0.39, 0.29) is 6.09 Å². The van der Waals surface area contributed by atoms with E-state index in [9.17, 15) is 4.79 Å². The minimum absolute atomic E-state index is 0.236. The van der Waals surface area contributed by atoms with E-state index in [1.807, 2.05) is 27.0 Å². The fourth-order valence-electron chi connectivity index (χ4n) is 4.79. The summed E-state index contributed by atoms with van der Waals surface area (Å²) in [5.41, 5.74) is 6.07. The zero-order valence-electron chi connectivity index (χ0n) is 20.4. The van der Waals surface area contributed by atoms with E-state index in [4.69, 9.17) is 17.6 Å². The largest absolute Gasteiger partial charge is 0.458 e. The molecule has 0 unspecified atom stereocenters. The van der Waals surface area contributed by atoms with Crippen LogP contribution in [0.5, 0.6) is 0 Å². The first kappa shape index (κ1) is 24.8. The number of nitrogens with zero attached hydrogens (tertiary/aromatic N) is 4. The highest BCUT2D eigenvalue weighted by atomic mass is 32.1. The first-order valence-electron chi connectivity index (χ1n) is 11.7. The van der Waals surface area contributed by atoms with Crippen molar-refractivity contribution in [1.82, 2.24) is 14.9 Å². The van der Waals surface area contributed by atoms with Crippen molar-refractivity contribution in [3.63, 3.8) is 0 Å². The standard InChI is InChI=1S/C25H30N4O3.O2S/c1-16-5-6-20-18(13-16)9-12-29(20)23-22-21(26-15-27-23)19(14-31-22)17-7-10-28(11-8-17)24(30)32-25(2,3)4;1-3-2/h5-6,13-15,17H,7-12H2,1-4H3;. The maximum Gasteiger partial charge on any atom is 0.410 e. The monoisotopic (exact) mass is 498 g/mol. The van der Waals surface area contributed by atoms with Gasteiger partial charge in [-0.05, 0) is 64.5 Å². The molecular formula is C25H30N4O5S. The molecule has 5 rings (SSSR count). The number of benzene rings is 1. The van der Waals surface area contributed by atoms with E-state index in [0.29, 0.717) is 19.0 Å². The molecule has 10 heteroatoms. The summed E-state index contributed by atoms with van der Waals surface area (Å²) in [7, 11) is 0. The topological polar surface area (TPSA) is 106 Å². The lowest BCUT2D eigenvalue weighted by atomic mass is 9.90. The van der Waals surface area contributed by atoms with Gasteiger partial charge in [0.1, 0.15) is 17.4 Å². The Morgan fingerprint density at radius 3 is 2.54 bits per heavy atom. The second-order valence-corrected chi connectivity index (χ2v) is 10.0. The van der Waals surface area contributed by atoms with E-state index < -0.39 is 17.2 Å². The molecular weight excluding hydrogens is 468 g/mol. The summed E-state index contributed by atoms with van der Waals surface area (Å²) >= 11 is -0.750. The molecule has 1 aromatic carbocycles. The van der Waals surface area contributed by atoms with Crippen molar-refractivity contribution in [1.29, 1.82) is 0 Å². The summed E-state index contributed by atoms with van der Waals surface area (Å²) in [4.78, 5) is 25.6. The number of piperidine rings is 1. The Morgan fingerprint density at radius 1 is 1.14 bits per heavy atom. The van der Waals surface area contributed by atoms with Crippen LogP contribution in [0.15, 0.2) is 35.2 Å². The third-order valence-electron chi connectivity index (χ3n) is 6.33. The molecule has 0 saturated carbocycles. The van der Waals surface area contributed by atoms with Gasteiger partial charge < -0.3 is 19.0 Å². The summed E-state index contributed by atoms with van der Waals surface area (Å²) in [6.07, 6.45) is 5.96. The summed E-state index contributed by atoms with van der Waals surface area (Å²) in [5.74, 6) is 1.13. The fraction of sp³-hybridized carbons (Fsp3) is 0.480. The molecule has 0 N–H and O–H groups in total. The molecule has 4 heterocycles. The predicted molar refractivity (Wildman–Crippen MR) is 132 cm³/mol. The normalized spacial score (nSPS) is 16.0. The third-order valence-corrected chi connectivity index (χ3v) is 6.33. The summed E-state index contributed by atoms with van der Waals surface area (Å²) in [6, 6.07) is 6.56. The molecule has 1 saturated heterocycles. The molecule has 2 aliphatic rings. The van der Waals surface area contributed by atoms with Crippen molar-refractivity contribution in [2.75, 3.05) is 24.5 Å². The quantitative estimate of drug-likeness (QED) is 0.502. The molecule has 3 aromatic rings. The van der Waals surface area contributed by atoms with Crippen LogP contribution in [0.2, 0.25) is 0 Å². The number of likely N-dealkylation sites (tertiary alicyclic amines) is 1. The SMILES string of the molecule is Cc1ccc2c(c1)CCN2c1ncnc2c(C3CCN(C(=O)OC(C)(C)C)CC3)coc12.O=S=O. The average Bonchev–Trinajstić information content (AvgIpc) is 3.42. The molecule has 0 atom stereocenters. The zero-order valence-corrected chi connectivity index (χ0v) is 21.3. The van der Waals surface area contributed by atoms with E-state index in [0.717, 1.165) is 48.3 Å². The van der Waals surface area contributed by atoms with Crippen LogP contribution in [-0.2, 0) is 22.7 Å². The van der Waals surface area contributed by atoms with Crippen molar-refractivity contribution in [3.8, 4) is 0 Å². The first-order chi connectivity index (χ1) is 16.7. The van der Waals surface area contributed by atoms with Crippen LogP contribution in [0.3, 0.4) is 0 Å². The fourth-order valence-corrected chi connectivity index (χ4v) is 4.79. The Hall–Kier alpha value is -3.27. The molecule has 186 valence electrons. The molecule has 0 bridgehead atoms. The molecule has 1 fully saturated rings. The molecule has 1 amide bonds. The van der Waals surface area contributed by atoms with E-state index in [1.54, 1.807) is 11.2 Å². The van der Waals surface area contributed by atoms with E-state index in [2.05, 4.69) is 40.0 Å². The van der Waals surface area contributed by atoms with Gasteiger partial charge in [0.25, 0.3) is 0 Å². The summed E-state index contributed by atoms with van der Waals surface area (Å²) in [6.45, 7) is 10.0. The highest BCUT2D eigenvalue weighted by molar-refractivity contribution is 7.51. The Kier molecular flexibility index (Phi) is 7.20. The Balaban J connectivity index is 0.000000917. The average molecular weight is 499 g/mol. The number of amides is 1. The number of anilines is 2. The second-order valence-electron chi connectivity index (χ2n) is 9.91. The lowest BCUT2D eigenvalue weighted by Crippen LogP contribution is -2.41. The number of carbonyl (C=O) groups excluding carboxylic acids is 1. The number of fused-ring (bicyclic) bond motifs is 2. The maximum absolute atomic E-state index is 12.4. The van der Waals surface area contributed by atoms with Gasteiger partial charge in [0.2, 0.25) is 0 Å². The predicted octanol–water partition coefficient (Wildman–Crippen LogP) is 4.67. The van der Waals surface area contributed by atoms with Crippen molar-refractivity contribution in [3.05, 3.63) is 47.5 Å². The number of carbonyl (C=O) groups is 1. The van der Waals surface area contributed by atoms with Gasteiger partial charge in [-0.1, -0.05) is 17.7 Å². The van der Waals surface area contributed by atoms with Gasteiger partial charge in [0.15, 0.2) is 11.4 Å². The van der Waals surface area contributed by atoms with Crippen molar-refractivity contribution in [2.45, 2.75) is 58.5 Å². The van der Waals surface area contributed by atoms with Crippen LogP contribution >= 0.6 is 0 Å². The van der Waals surface area contributed by atoms with Gasteiger partial charge in [0, 0.05) is 30.9 Å². The molecule has 2 aliphatic heterocycles. The van der Waals surface area contributed by atoms with Gasteiger partial charge in [-0.15, -0.1) is 0 Å². The second kappa shape index (κ2) is 10.2. The molecule has 0 radical (unpaired) electrons. The van der Waals surface area contributed by atoms with Gasteiger partial charge >= 0.3 is 17.7 Å². The highest BCUT2D eigenvalue weighted by Gasteiger charge is 2.31. The zero-order chi connectivity index (χ0) is 25.2. The van der Waals surface area contributed by atoms with Crippen molar-refractivity contribution in [2.24, 2.45) is 0 Å². The van der Waals surface area contributed by atoms with Crippen LogP contribution < -0.4 is 4.90 Å². The minimum atomic E-state index is -0.750.